The quantitative estimate of drug-likeness (QED) is 0.346. The average molecular weight is 356 g/mol. The standard InChI is InChI=1S/C21H33N5/c1-2-3-4-5-6-10-14-24-21(22)25-15-13-20-23-16-17-26(20)18-19-11-8-7-9-12-19/h7-9,11-12,16-17H,2-6,10,13-15,18H2,1H3,(H3,22,24,25). The Kier molecular flexibility index (Phi) is 9.33. The van der Waals surface area contributed by atoms with E-state index in [1.807, 2.05) is 18.5 Å². The molecule has 0 spiro atoms. The van der Waals surface area contributed by atoms with Crippen LogP contribution in [0.5, 0.6) is 0 Å². The molecule has 0 atom stereocenters. The van der Waals surface area contributed by atoms with Crippen LogP contribution in [0.15, 0.2) is 47.7 Å². The Labute approximate surface area is 157 Å². The average Bonchev–Trinajstić information content (AvgIpc) is 3.09. The first-order valence-corrected chi connectivity index (χ1v) is 9.87. The highest BCUT2D eigenvalue weighted by atomic mass is 15.1. The van der Waals surface area contributed by atoms with Crippen LogP contribution in [0.3, 0.4) is 0 Å². The minimum absolute atomic E-state index is 0.541. The fourth-order valence-corrected chi connectivity index (χ4v) is 2.94. The van der Waals surface area contributed by atoms with Crippen LogP contribution in [0.25, 0.3) is 0 Å². The molecule has 0 saturated carbocycles. The van der Waals surface area contributed by atoms with E-state index in [1.54, 1.807) is 0 Å². The first-order valence-electron chi connectivity index (χ1n) is 9.87. The molecule has 1 aromatic carbocycles. The third kappa shape index (κ3) is 7.72. The molecule has 1 aromatic heterocycles. The van der Waals surface area contributed by atoms with Gasteiger partial charge in [0.15, 0.2) is 5.96 Å². The van der Waals surface area contributed by atoms with Gasteiger partial charge in [0.1, 0.15) is 5.82 Å². The minimum atomic E-state index is 0.541. The molecule has 0 bridgehead atoms. The second-order valence-corrected chi connectivity index (χ2v) is 6.67. The predicted molar refractivity (Wildman–Crippen MR) is 109 cm³/mol. The second-order valence-electron chi connectivity index (χ2n) is 6.67. The van der Waals surface area contributed by atoms with Gasteiger partial charge in [-0.05, 0) is 12.0 Å². The number of hydrogen-bond acceptors (Lipinski definition) is 2. The van der Waals surface area contributed by atoms with Crippen LogP contribution in [0.1, 0.15) is 56.8 Å². The van der Waals surface area contributed by atoms with Gasteiger partial charge in [0.2, 0.25) is 0 Å². The van der Waals surface area contributed by atoms with E-state index in [0.717, 1.165) is 38.3 Å². The molecule has 142 valence electrons. The maximum absolute atomic E-state index is 5.95. The van der Waals surface area contributed by atoms with Gasteiger partial charge in [0.05, 0.1) is 0 Å². The molecule has 2 rings (SSSR count). The molecule has 0 radical (unpaired) electrons. The summed E-state index contributed by atoms with van der Waals surface area (Å²) in [4.78, 5) is 8.87. The highest BCUT2D eigenvalue weighted by molar-refractivity contribution is 5.77. The lowest BCUT2D eigenvalue weighted by atomic mass is 10.1. The Morgan fingerprint density at radius 1 is 1.12 bits per heavy atom. The van der Waals surface area contributed by atoms with Crippen molar-refractivity contribution in [3.05, 3.63) is 54.1 Å². The van der Waals surface area contributed by atoms with E-state index < -0.39 is 0 Å². The highest BCUT2D eigenvalue weighted by Crippen LogP contribution is 2.06. The highest BCUT2D eigenvalue weighted by Gasteiger charge is 2.03. The number of guanidine groups is 1. The summed E-state index contributed by atoms with van der Waals surface area (Å²) in [5.41, 5.74) is 7.23. The largest absolute Gasteiger partial charge is 0.370 e. The summed E-state index contributed by atoms with van der Waals surface area (Å²) < 4.78 is 2.18. The Bertz CT molecular complexity index is 633. The van der Waals surface area contributed by atoms with Crippen molar-refractivity contribution in [3.8, 4) is 0 Å². The number of rotatable bonds is 12. The number of aliphatic imine (C=N–C) groups is 1. The van der Waals surface area contributed by atoms with Crippen LogP contribution in [0.4, 0.5) is 0 Å². The maximum atomic E-state index is 5.95. The number of nitrogens with two attached hydrogens (primary N) is 1. The van der Waals surface area contributed by atoms with Crippen molar-refractivity contribution < 1.29 is 0 Å². The molecule has 0 aliphatic rings. The molecule has 0 aliphatic heterocycles. The monoisotopic (exact) mass is 355 g/mol. The van der Waals surface area contributed by atoms with Gasteiger partial charge in [0, 0.05) is 38.4 Å². The zero-order chi connectivity index (χ0) is 18.5. The Morgan fingerprint density at radius 3 is 2.69 bits per heavy atom. The van der Waals surface area contributed by atoms with E-state index >= 15 is 0 Å². The summed E-state index contributed by atoms with van der Waals surface area (Å²) in [6.45, 7) is 4.65. The molecule has 3 N–H and O–H groups in total. The van der Waals surface area contributed by atoms with Crippen LogP contribution in [0.2, 0.25) is 0 Å². The molecule has 0 fully saturated rings. The van der Waals surface area contributed by atoms with Crippen LogP contribution in [-0.2, 0) is 13.0 Å². The molecule has 0 unspecified atom stereocenters. The second kappa shape index (κ2) is 12.1. The number of benzene rings is 1. The van der Waals surface area contributed by atoms with E-state index in [2.05, 4.69) is 51.0 Å². The number of nitrogens with zero attached hydrogens (tertiary/aromatic N) is 3. The summed E-state index contributed by atoms with van der Waals surface area (Å²) in [6.07, 6.45) is 12.3. The van der Waals surface area contributed by atoms with Crippen molar-refractivity contribution in [2.24, 2.45) is 10.7 Å². The van der Waals surface area contributed by atoms with Gasteiger partial charge in [-0.25, -0.2) is 4.98 Å². The van der Waals surface area contributed by atoms with Crippen LogP contribution >= 0.6 is 0 Å². The third-order valence-corrected chi connectivity index (χ3v) is 4.45. The first kappa shape index (κ1) is 20.0. The van der Waals surface area contributed by atoms with Gasteiger partial charge in [-0.2, -0.15) is 0 Å². The van der Waals surface area contributed by atoms with Gasteiger partial charge in [-0.15, -0.1) is 0 Å². The van der Waals surface area contributed by atoms with Crippen LogP contribution in [0, 0.1) is 0 Å². The van der Waals surface area contributed by atoms with E-state index in [1.165, 1.54) is 37.7 Å². The number of nitrogens with one attached hydrogen (secondary N) is 1. The Morgan fingerprint density at radius 2 is 1.88 bits per heavy atom. The molecule has 0 aliphatic carbocycles. The van der Waals surface area contributed by atoms with Crippen LogP contribution in [-0.4, -0.2) is 28.6 Å². The summed E-state index contributed by atoms with van der Waals surface area (Å²) in [5, 5.41) is 3.20. The van der Waals surface area contributed by atoms with Crippen molar-refractivity contribution in [2.45, 2.75) is 58.4 Å². The smallest absolute Gasteiger partial charge is 0.188 e. The molecule has 0 amide bonds. The Balaban J connectivity index is 1.65. The van der Waals surface area contributed by atoms with Gasteiger partial charge in [0.25, 0.3) is 0 Å². The molecule has 0 saturated heterocycles. The van der Waals surface area contributed by atoms with Crippen molar-refractivity contribution in [2.75, 3.05) is 13.1 Å². The van der Waals surface area contributed by atoms with Gasteiger partial charge >= 0.3 is 0 Å². The van der Waals surface area contributed by atoms with Gasteiger partial charge in [-0.3, -0.25) is 4.99 Å². The fraction of sp³-hybridized carbons (Fsp3) is 0.524. The van der Waals surface area contributed by atoms with E-state index in [0.29, 0.717) is 5.96 Å². The maximum Gasteiger partial charge on any atom is 0.188 e. The molecular formula is C21H33N5. The molecular weight excluding hydrogens is 322 g/mol. The number of unbranched alkanes of at least 4 members (excludes halogenated alkanes) is 5. The number of hydrogen-bond donors (Lipinski definition) is 2. The van der Waals surface area contributed by atoms with E-state index in [4.69, 9.17) is 5.73 Å². The van der Waals surface area contributed by atoms with Crippen molar-refractivity contribution >= 4 is 5.96 Å². The minimum Gasteiger partial charge on any atom is -0.370 e. The lowest BCUT2D eigenvalue weighted by Gasteiger charge is -2.09. The summed E-state index contributed by atoms with van der Waals surface area (Å²) in [6, 6.07) is 10.4. The van der Waals surface area contributed by atoms with Crippen molar-refractivity contribution in [1.82, 2.24) is 14.9 Å². The fourth-order valence-electron chi connectivity index (χ4n) is 2.94. The molecule has 5 heteroatoms. The lowest BCUT2D eigenvalue weighted by Crippen LogP contribution is -2.33. The first-order chi connectivity index (χ1) is 12.8. The summed E-state index contributed by atoms with van der Waals surface area (Å²) in [5.74, 6) is 1.60. The zero-order valence-electron chi connectivity index (χ0n) is 16.0. The van der Waals surface area contributed by atoms with Crippen molar-refractivity contribution in [1.29, 1.82) is 0 Å². The zero-order valence-corrected chi connectivity index (χ0v) is 16.0. The molecule has 5 nitrogen and oxygen atoms in total. The van der Waals surface area contributed by atoms with Gasteiger partial charge in [-0.1, -0.05) is 69.4 Å². The third-order valence-electron chi connectivity index (χ3n) is 4.45. The number of aromatic nitrogens is 2. The Hall–Kier alpha value is -2.30. The molecule has 1 heterocycles. The van der Waals surface area contributed by atoms with Gasteiger partial charge < -0.3 is 15.6 Å². The molecule has 26 heavy (non-hydrogen) atoms. The lowest BCUT2D eigenvalue weighted by molar-refractivity contribution is 0.611. The summed E-state index contributed by atoms with van der Waals surface area (Å²) in [7, 11) is 0. The van der Waals surface area contributed by atoms with E-state index in [-0.39, 0.29) is 0 Å². The predicted octanol–water partition coefficient (Wildman–Crippen LogP) is 3.74. The molecule has 2 aromatic rings. The normalized spacial score (nSPS) is 11.7. The van der Waals surface area contributed by atoms with Crippen molar-refractivity contribution in [3.63, 3.8) is 0 Å². The summed E-state index contributed by atoms with van der Waals surface area (Å²) >= 11 is 0. The number of imidazole rings is 1. The SMILES string of the molecule is CCCCCCCCN=C(N)NCCc1nccn1Cc1ccccc1. The van der Waals surface area contributed by atoms with Crippen LogP contribution < -0.4 is 11.1 Å². The topological polar surface area (TPSA) is 68.2 Å². The van der Waals surface area contributed by atoms with E-state index in [9.17, 15) is 0 Å².